The van der Waals surface area contributed by atoms with E-state index in [9.17, 15) is 18.3 Å². The van der Waals surface area contributed by atoms with Gasteiger partial charge in [-0.15, -0.1) is 0 Å². The first-order valence-electron chi connectivity index (χ1n) is 4.87. The van der Waals surface area contributed by atoms with Crippen molar-refractivity contribution in [3.05, 3.63) is 33.8 Å². The zero-order valence-electron chi connectivity index (χ0n) is 8.31. The molecule has 1 N–H and O–H groups in total. The van der Waals surface area contributed by atoms with Gasteiger partial charge in [0.2, 0.25) is 0 Å². The number of halogens is 4. The summed E-state index contributed by atoms with van der Waals surface area (Å²) in [5.74, 6) is 0. The third kappa shape index (κ3) is 1.98. The first-order valence-corrected chi connectivity index (χ1v) is 5.66. The number of hydrogen-bond donors (Lipinski definition) is 1. The van der Waals surface area contributed by atoms with Crippen molar-refractivity contribution in [3.63, 3.8) is 0 Å². The highest BCUT2D eigenvalue weighted by Gasteiger charge is 2.46. The summed E-state index contributed by atoms with van der Waals surface area (Å²) in [5, 5.41) is 9.23. The quantitative estimate of drug-likeness (QED) is 0.885. The lowest BCUT2D eigenvalue weighted by atomic mass is 9.95. The predicted molar refractivity (Wildman–Crippen MR) is 57.1 cm³/mol. The van der Waals surface area contributed by atoms with E-state index in [0.717, 1.165) is 25.0 Å². The molecule has 0 bridgehead atoms. The van der Waals surface area contributed by atoms with Crippen LogP contribution in [-0.4, -0.2) is 11.7 Å². The molecular formula is C11H10BrF3O. The Morgan fingerprint density at radius 1 is 1.31 bits per heavy atom. The van der Waals surface area contributed by atoms with E-state index in [0.29, 0.717) is 10.0 Å². The second-order valence-electron chi connectivity index (χ2n) is 4.13. The Bertz CT molecular complexity index is 410. The fourth-order valence-corrected chi connectivity index (χ4v) is 2.44. The fraction of sp³-hybridized carbons (Fsp3) is 0.455. The van der Waals surface area contributed by atoms with E-state index in [-0.39, 0.29) is 6.61 Å². The molecule has 1 aliphatic rings. The summed E-state index contributed by atoms with van der Waals surface area (Å²) in [6.07, 6.45) is -2.85. The van der Waals surface area contributed by atoms with Crippen molar-refractivity contribution in [3.8, 4) is 0 Å². The Kier molecular flexibility index (Phi) is 2.78. The van der Waals surface area contributed by atoms with Crippen molar-refractivity contribution in [2.45, 2.75) is 24.4 Å². The Hall–Kier alpha value is -0.550. The molecule has 0 atom stereocenters. The van der Waals surface area contributed by atoms with E-state index in [2.05, 4.69) is 15.9 Å². The van der Waals surface area contributed by atoms with Crippen LogP contribution in [0.25, 0.3) is 0 Å². The van der Waals surface area contributed by atoms with E-state index in [1.165, 1.54) is 6.07 Å². The predicted octanol–water partition coefficient (Wildman–Crippen LogP) is 3.49. The van der Waals surface area contributed by atoms with Crippen LogP contribution in [-0.2, 0) is 11.6 Å². The van der Waals surface area contributed by atoms with Crippen molar-refractivity contribution in [2.75, 3.05) is 6.61 Å². The van der Waals surface area contributed by atoms with Crippen LogP contribution in [0.2, 0.25) is 0 Å². The molecule has 1 aromatic carbocycles. The van der Waals surface area contributed by atoms with E-state index in [1.54, 1.807) is 0 Å². The first-order chi connectivity index (χ1) is 7.39. The molecule has 0 aliphatic heterocycles. The van der Waals surface area contributed by atoms with Crippen LogP contribution in [0.5, 0.6) is 0 Å². The molecule has 88 valence electrons. The molecule has 0 spiro atoms. The van der Waals surface area contributed by atoms with E-state index in [1.807, 2.05) is 0 Å². The van der Waals surface area contributed by atoms with Crippen molar-refractivity contribution < 1.29 is 18.3 Å². The molecule has 1 nitrogen and oxygen atoms in total. The lowest BCUT2D eigenvalue weighted by Crippen LogP contribution is -2.15. The maximum Gasteiger partial charge on any atom is 0.416 e. The second-order valence-corrected chi connectivity index (χ2v) is 4.99. The van der Waals surface area contributed by atoms with Crippen LogP contribution in [0, 0.1) is 0 Å². The highest BCUT2D eigenvalue weighted by atomic mass is 79.9. The average molecular weight is 295 g/mol. The van der Waals surface area contributed by atoms with Crippen LogP contribution >= 0.6 is 15.9 Å². The minimum absolute atomic E-state index is 0.104. The SMILES string of the molecule is OCC1(c2cc(C(F)(F)F)ccc2Br)CC1. The van der Waals surface area contributed by atoms with Gasteiger partial charge in [-0.1, -0.05) is 15.9 Å². The molecule has 0 heterocycles. The molecule has 1 aliphatic carbocycles. The molecule has 5 heteroatoms. The van der Waals surface area contributed by atoms with Crippen LogP contribution in [0.1, 0.15) is 24.0 Å². The minimum Gasteiger partial charge on any atom is -0.395 e. The van der Waals surface area contributed by atoms with Crippen LogP contribution < -0.4 is 0 Å². The molecule has 16 heavy (non-hydrogen) atoms. The Morgan fingerprint density at radius 2 is 1.94 bits per heavy atom. The van der Waals surface area contributed by atoms with Gasteiger partial charge in [0, 0.05) is 9.89 Å². The summed E-state index contributed by atoms with van der Waals surface area (Å²) in [6.45, 7) is -0.104. The molecule has 0 amide bonds. The van der Waals surface area contributed by atoms with Crippen LogP contribution in [0.15, 0.2) is 22.7 Å². The van der Waals surface area contributed by atoms with Crippen molar-refractivity contribution in [1.82, 2.24) is 0 Å². The van der Waals surface area contributed by atoms with E-state index in [4.69, 9.17) is 0 Å². The zero-order valence-corrected chi connectivity index (χ0v) is 9.90. The fourth-order valence-electron chi connectivity index (χ4n) is 1.77. The average Bonchev–Trinajstić information content (AvgIpc) is 2.97. The monoisotopic (exact) mass is 294 g/mol. The smallest absolute Gasteiger partial charge is 0.395 e. The van der Waals surface area contributed by atoms with Gasteiger partial charge in [-0.25, -0.2) is 0 Å². The molecule has 0 aromatic heterocycles. The third-order valence-electron chi connectivity index (χ3n) is 3.02. The van der Waals surface area contributed by atoms with Gasteiger partial charge in [0.25, 0.3) is 0 Å². The molecule has 1 aromatic rings. The topological polar surface area (TPSA) is 20.2 Å². The molecule has 0 radical (unpaired) electrons. The van der Waals surface area contributed by atoms with Crippen molar-refractivity contribution >= 4 is 15.9 Å². The molecule has 0 saturated heterocycles. The molecule has 1 fully saturated rings. The number of rotatable bonds is 2. The zero-order chi connectivity index (χ0) is 12.0. The molecule has 1 saturated carbocycles. The standard InChI is InChI=1S/C11H10BrF3O/c12-9-2-1-7(11(13,14)15)5-8(9)10(6-16)3-4-10/h1-2,5,16H,3-4,6H2. The largest absolute Gasteiger partial charge is 0.416 e. The van der Waals surface area contributed by atoms with Gasteiger partial charge < -0.3 is 5.11 Å². The highest BCUT2D eigenvalue weighted by molar-refractivity contribution is 9.10. The number of aliphatic hydroxyl groups excluding tert-OH is 1. The lowest BCUT2D eigenvalue weighted by molar-refractivity contribution is -0.137. The van der Waals surface area contributed by atoms with Gasteiger partial charge >= 0.3 is 6.18 Å². The Balaban J connectivity index is 2.46. The molecule has 0 unspecified atom stereocenters. The Morgan fingerprint density at radius 3 is 2.38 bits per heavy atom. The van der Waals surface area contributed by atoms with Gasteiger partial charge in [-0.2, -0.15) is 13.2 Å². The normalized spacial score (nSPS) is 18.6. The van der Waals surface area contributed by atoms with Gasteiger partial charge in [0.05, 0.1) is 12.2 Å². The van der Waals surface area contributed by atoms with Gasteiger partial charge in [-0.05, 0) is 36.6 Å². The van der Waals surface area contributed by atoms with Gasteiger partial charge in [-0.3, -0.25) is 0 Å². The summed E-state index contributed by atoms with van der Waals surface area (Å²) < 4.78 is 38.2. The number of benzene rings is 1. The number of alkyl halides is 3. The summed E-state index contributed by atoms with van der Waals surface area (Å²) in [5.41, 5.74) is -0.560. The number of hydrogen-bond acceptors (Lipinski definition) is 1. The highest BCUT2D eigenvalue weighted by Crippen LogP contribution is 2.51. The number of aliphatic hydroxyl groups is 1. The lowest BCUT2D eigenvalue weighted by Gasteiger charge is -2.16. The van der Waals surface area contributed by atoms with E-state index < -0.39 is 17.2 Å². The Labute approximate surface area is 99.4 Å². The maximum absolute atomic E-state index is 12.5. The first kappa shape index (κ1) is 11.9. The minimum atomic E-state index is -4.33. The van der Waals surface area contributed by atoms with Crippen molar-refractivity contribution in [2.24, 2.45) is 0 Å². The van der Waals surface area contributed by atoms with Crippen LogP contribution in [0.4, 0.5) is 13.2 Å². The van der Waals surface area contributed by atoms with E-state index >= 15 is 0 Å². The summed E-state index contributed by atoms with van der Waals surface area (Å²) in [4.78, 5) is 0. The second kappa shape index (κ2) is 3.74. The van der Waals surface area contributed by atoms with Crippen molar-refractivity contribution in [1.29, 1.82) is 0 Å². The summed E-state index contributed by atoms with van der Waals surface area (Å²) >= 11 is 3.24. The third-order valence-corrected chi connectivity index (χ3v) is 3.71. The van der Waals surface area contributed by atoms with Gasteiger partial charge in [0.15, 0.2) is 0 Å². The van der Waals surface area contributed by atoms with Gasteiger partial charge in [0.1, 0.15) is 0 Å². The summed E-state index contributed by atoms with van der Waals surface area (Å²) in [6, 6.07) is 3.57. The maximum atomic E-state index is 12.5. The summed E-state index contributed by atoms with van der Waals surface area (Å²) in [7, 11) is 0. The molecule has 2 rings (SSSR count). The molecular weight excluding hydrogens is 285 g/mol. The van der Waals surface area contributed by atoms with Crippen LogP contribution in [0.3, 0.4) is 0 Å².